The van der Waals surface area contributed by atoms with Crippen LogP contribution in [0.25, 0.3) is 0 Å². The van der Waals surface area contributed by atoms with E-state index in [0.717, 1.165) is 30.1 Å². The number of aryl methyl sites for hydroxylation is 1. The minimum absolute atomic E-state index is 0.121. The number of carbonyl (C=O) groups excluding carboxylic acids is 1. The highest BCUT2D eigenvalue weighted by molar-refractivity contribution is 7.12. The lowest BCUT2D eigenvalue weighted by atomic mass is 9.91. The van der Waals surface area contributed by atoms with Crippen LogP contribution in [0.3, 0.4) is 0 Å². The second-order valence-corrected chi connectivity index (χ2v) is 7.55. The molecule has 0 spiro atoms. The van der Waals surface area contributed by atoms with Crippen molar-refractivity contribution in [2.45, 2.75) is 19.4 Å². The van der Waals surface area contributed by atoms with Crippen molar-refractivity contribution in [2.75, 3.05) is 26.3 Å². The second kappa shape index (κ2) is 7.09. The van der Waals surface area contributed by atoms with E-state index in [2.05, 4.69) is 9.97 Å². The highest BCUT2D eigenvalue weighted by Gasteiger charge is 2.45. The molecule has 0 saturated carbocycles. The molecule has 2 saturated heterocycles. The minimum Gasteiger partial charge on any atom is -0.463 e. The van der Waals surface area contributed by atoms with Gasteiger partial charge in [0, 0.05) is 30.9 Å². The number of thiophene rings is 1. The van der Waals surface area contributed by atoms with Gasteiger partial charge in [-0.2, -0.15) is 0 Å². The zero-order valence-corrected chi connectivity index (χ0v) is 14.9. The van der Waals surface area contributed by atoms with Crippen molar-refractivity contribution in [3.05, 3.63) is 40.3 Å². The summed E-state index contributed by atoms with van der Waals surface area (Å²) in [6.07, 6.45) is 2.75. The van der Waals surface area contributed by atoms with E-state index in [9.17, 15) is 4.79 Å². The van der Waals surface area contributed by atoms with E-state index < -0.39 is 0 Å². The molecule has 0 bridgehead atoms. The fourth-order valence-corrected chi connectivity index (χ4v) is 4.31. The summed E-state index contributed by atoms with van der Waals surface area (Å²) in [4.78, 5) is 23.6. The largest absolute Gasteiger partial charge is 0.463 e. The average molecular weight is 359 g/mol. The predicted molar refractivity (Wildman–Crippen MR) is 93.8 cm³/mol. The smallest absolute Gasteiger partial charge is 0.316 e. The lowest BCUT2D eigenvalue weighted by Gasteiger charge is -2.19. The fourth-order valence-electron chi connectivity index (χ4n) is 3.62. The Balaban J connectivity index is 1.30. The topological polar surface area (TPSA) is 64.6 Å². The van der Waals surface area contributed by atoms with E-state index in [1.54, 1.807) is 6.20 Å². The zero-order chi connectivity index (χ0) is 17.2. The first kappa shape index (κ1) is 16.5. The highest BCUT2D eigenvalue weighted by atomic mass is 32.1. The Bertz CT molecular complexity index is 737. The van der Waals surface area contributed by atoms with E-state index in [-0.39, 0.29) is 12.0 Å². The Morgan fingerprint density at radius 3 is 3.16 bits per heavy atom. The van der Waals surface area contributed by atoms with Crippen molar-refractivity contribution in [2.24, 2.45) is 11.8 Å². The van der Waals surface area contributed by atoms with Crippen LogP contribution in [0.5, 0.6) is 6.01 Å². The van der Waals surface area contributed by atoms with Crippen LogP contribution in [0.15, 0.2) is 29.8 Å². The summed E-state index contributed by atoms with van der Waals surface area (Å²) in [7, 11) is 0. The highest BCUT2D eigenvalue weighted by Crippen LogP contribution is 2.36. The summed E-state index contributed by atoms with van der Waals surface area (Å²) in [5.41, 5.74) is 0.896. The summed E-state index contributed by atoms with van der Waals surface area (Å²) >= 11 is 1.49. The van der Waals surface area contributed by atoms with Crippen molar-refractivity contribution in [3.63, 3.8) is 0 Å². The number of hydrogen-bond donors (Lipinski definition) is 0. The van der Waals surface area contributed by atoms with Gasteiger partial charge >= 0.3 is 6.01 Å². The molecule has 2 aliphatic heterocycles. The van der Waals surface area contributed by atoms with Crippen LogP contribution >= 0.6 is 11.3 Å². The Labute approximate surface area is 150 Å². The molecule has 2 aliphatic rings. The minimum atomic E-state index is 0.121. The van der Waals surface area contributed by atoms with Gasteiger partial charge in [-0.05, 0) is 36.8 Å². The number of nitrogens with zero attached hydrogens (tertiary/aromatic N) is 3. The van der Waals surface area contributed by atoms with Gasteiger partial charge in [0.15, 0.2) is 0 Å². The van der Waals surface area contributed by atoms with Gasteiger partial charge in [0.2, 0.25) is 0 Å². The monoisotopic (exact) mass is 359 g/mol. The maximum Gasteiger partial charge on any atom is 0.316 e. The van der Waals surface area contributed by atoms with Gasteiger partial charge in [0.05, 0.1) is 24.2 Å². The SMILES string of the molecule is Cc1ccnc(OCC[C@@H]2CO[C@@H]3CN(C(=O)c4cccs4)C[C@H]23)n1. The average Bonchev–Trinajstić information content (AvgIpc) is 3.32. The predicted octanol–water partition coefficient (Wildman–Crippen LogP) is 2.40. The van der Waals surface area contributed by atoms with Crippen LogP contribution in [0, 0.1) is 18.8 Å². The quantitative estimate of drug-likeness (QED) is 0.820. The van der Waals surface area contributed by atoms with Gasteiger partial charge in [-0.1, -0.05) is 6.07 Å². The lowest BCUT2D eigenvalue weighted by Crippen LogP contribution is -2.30. The maximum absolute atomic E-state index is 12.5. The number of hydrogen-bond acceptors (Lipinski definition) is 6. The Hall–Kier alpha value is -1.99. The first-order valence-corrected chi connectivity index (χ1v) is 9.45. The molecule has 2 fully saturated rings. The van der Waals surface area contributed by atoms with Crippen LogP contribution in [-0.4, -0.2) is 53.2 Å². The van der Waals surface area contributed by atoms with E-state index >= 15 is 0 Å². The van der Waals surface area contributed by atoms with Gasteiger partial charge in [-0.3, -0.25) is 4.79 Å². The molecule has 2 aromatic rings. The van der Waals surface area contributed by atoms with Gasteiger partial charge in [-0.25, -0.2) is 9.97 Å². The molecule has 25 heavy (non-hydrogen) atoms. The molecule has 3 atom stereocenters. The van der Waals surface area contributed by atoms with E-state index in [1.165, 1.54) is 11.3 Å². The molecule has 0 aromatic carbocycles. The van der Waals surface area contributed by atoms with Gasteiger partial charge in [0.25, 0.3) is 5.91 Å². The van der Waals surface area contributed by atoms with Crippen molar-refractivity contribution < 1.29 is 14.3 Å². The lowest BCUT2D eigenvalue weighted by molar-refractivity contribution is 0.0675. The standard InChI is InChI=1S/C18H21N3O3S/c1-12-4-6-19-18(20-12)23-7-5-13-11-24-15-10-21(9-14(13)15)17(22)16-3-2-8-25-16/h2-4,6,8,13-15H,5,7,9-11H2,1H3/t13-,14-,15-/m1/s1. The van der Waals surface area contributed by atoms with E-state index in [4.69, 9.17) is 9.47 Å². The van der Waals surface area contributed by atoms with Gasteiger partial charge in [0.1, 0.15) is 0 Å². The summed E-state index contributed by atoms with van der Waals surface area (Å²) in [6, 6.07) is 6.07. The van der Waals surface area contributed by atoms with Crippen molar-refractivity contribution in [1.29, 1.82) is 0 Å². The number of fused-ring (bicyclic) bond motifs is 1. The number of likely N-dealkylation sites (tertiary alicyclic amines) is 1. The Kier molecular flexibility index (Phi) is 4.67. The molecular weight excluding hydrogens is 338 g/mol. The maximum atomic E-state index is 12.5. The van der Waals surface area contributed by atoms with Gasteiger partial charge in [-0.15, -0.1) is 11.3 Å². The van der Waals surface area contributed by atoms with Crippen LogP contribution < -0.4 is 4.74 Å². The van der Waals surface area contributed by atoms with Crippen molar-refractivity contribution in [1.82, 2.24) is 14.9 Å². The number of rotatable bonds is 5. The fraction of sp³-hybridized carbons (Fsp3) is 0.500. The summed E-state index contributed by atoms with van der Waals surface area (Å²) in [5, 5.41) is 1.94. The Morgan fingerprint density at radius 1 is 1.44 bits per heavy atom. The van der Waals surface area contributed by atoms with Gasteiger partial charge < -0.3 is 14.4 Å². The zero-order valence-electron chi connectivity index (χ0n) is 14.1. The molecule has 7 heteroatoms. The molecular formula is C18H21N3O3S. The number of ether oxygens (including phenoxy) is 2. The molecule has 4 rings (SSSR count). The summed E-state index contributed by atoms with van der Waals surface area (Å²) in [5.74, 6) is 0.929. The number of aromatic nitrogens is 2. The normalized spacial score (nSPS) is 25.2. The van der Waals surface area contributed by atoms with Crippen LogP contribution in [-0.2, 0) is 4.74 Å². The third-order valence-corrected chi connectivity index (χ3v) is 5.81. The van der Waals surface area contributed by atoms with E-state index in [1.807, 2.05) is 35.4 Å². The molecule has 6 nitrogen and oxygen atoms in total. The first-order valence-electron chi connectivity index (χ1n) is 8.57. The molecule has 132 valence electrons. The molecule has 0 unspecified atom stereocenters. The first-order chi connectivity index (χ1) is 12.2. The second-order valence-electron chi connectivity index (χ2n) is 6.60. The molecule has 1 amide bonds. The molecule has 4 heterocycles. The molecule has 0 radical (unpaired) electrons. The van der Waals surface area contributed by atoms with Crippen LogP contribution in [0.4, 0.5) is 0 Å². The number of carbonyl (C=O) groups is 1. The molecule has 2 aromatic heterocycles. The third-order valence-electron chi connectivity index (χ3n) is 4.95. The molecule has 0 N–H and O–H groups in total. The summed E-state index contributed by atoms with van der Waals surface area (Å²) in [6.45, 7) is 4.70. The molecule has 0 aliphatic carbocycles. The third kappa shape index (κ3) is 3.52. The van der Waals surface area contributed by atoms with E-state index in [0.29, 0.717) is 31.0 Å². The van der Waals surface area contributed by atoms with Crippen LogP contribution in [0.2, 0.25) is 0 Å². The van der Waals surface area contributed by atoms with Crippen LogP contribution in [0.1, 0.15) is 21.8 Å². The summed E-state index contributed by atoms with van der Waals surface area (Å²) < 4.78 is 11.6. The Morgan fingerprint density at radius 2 is 2.36 bits per heavy atom. The van der Waals surface area contributed by atoms with Crippen molar-refractivity contribution in [3.8, 4) is 6.01 Å². The number of amides is 1. The van der Waals surface area contributed by atoms with Crippen molar-refractivity contribution >= 4 is 17.2 Å².